The van der Waals surface area contributed by atoms with Crippen molar-refractivity contribution >= 4 is 0 Å². The molecular formula is C11H25N3. The molecular weight excluding hydrogens is 174 g/mol. The topological polar surface area (TPSA) is 32.5 Å². The van der Waals surface area contributed by atoms with Gasteiger partial charge >= 0.3 is 0 Å². The predicted octanol–water partition coefficient (Wildman–Crippen LogP) is 0.607. The van der Waals surface area contributed by atoms with Crippen LogP contribution in [0.15, 0.2) is 0 Å². The van der Waals surface area contributed by atoms with E-state index in [-0.39, 0.29) is 0 Å². The molecule has 2 N–H and O–H groups in total. The van der Waals surface area contributed by atoms with Gasteiger partial charge in [-0.15, -0.1) is 0 Å². The van der Waals surface area contributed by atoms with Crippen LogP contribution < -0.4 is 5.73 Å². The zero-order valence-electron chi connectivity index (χ0n) is 9.87. The van der Waals surface area contributed by atoms with Gasteiger partial charge in [0.2, 0.25) is 0 Å². The molecule has 0 aromatic heterocycles. The van der Waals surface area contributed by atoms with E-state index < -0.39 is 0 Å². The molecule has 0 radical (unpaired) electrons. The molecule has 0 saturated heterocycles. The number of hydrogen-bond donors (Lipinski definition) is 1. The average Bonchev–Trinajstić information content (AvgIpc) is 2.49. The summed E-state index contributed by atoms with van der Waals surface area (Å²) < 4.78 is 0. The van der Waals surface area contributed by atoms with E-state index in [0.29, 0.717) is 6.04 Å². The summed E-state index contributed by atoms with van der Waals surface area (Å²) >= 11 is 0. The largest absolute Gasteiger partial charge is 0.327 e. The van der Waals surface area contributed by atoms with Gasteiger partial charge in [0.25, 0.3) is 0 Å². The third-order valence-corrected chi connectivity index (χ3v) is 3.19. The quantitative estimate of drug-likeness (QED) is 0.704. The van der Waals surface area contributed by atoms with E-state index in [9.17, 15) is 0 Å². The minimum Gasteiger partial charge on any atom is -0.327 e. The van der Waals surface area contributed by atoms with Crippen molar-refractivity contribution in [1.82, 2.24) is 9.80 Å². The summed E-state index contributed by atoms with van der Waals surface area (Å²) in [6, 6.07) is 0.455. The molecule has 1 aliphatic rings. The molecule has 0 heterocycles. The maximum absolute atomic E-state index is 6.05. The Morgan fingerprint density at radius 2 is 1.86 bits per heavy atom. The molecule has 14 heavy (non-hydrogen) atoms. The van der Waals surface area contributed by atoms with E-state index in [0.717, 1.165) is 19.0 Å². The fourth-order valence-electron chi connectivity index (χ4n) is 2.15. The molecule has 0 aliphatic heterocycles. The van der Waals surface area contributed by atoms with Crippen molar-refractivity contribution in [1.29, 1.82) is 0 Å². The fourth-order valence-corrected chi connectivity index (χ4v) is 2.15. The Kier molecular flexibility index (Phi) is 4.85. The lowest BCUT2D eigenvalue weighted by Crippen LogP contribution is -2.37. The van der Waals surface area contributed by atoms with Crippen LogP contribution in [0, 0.1) is 5.92 Å². The number of hydrogen-bond acceptors (Lipinski definition) is 3. The minimum absolute atomic E-state index is 0.455. The Hall–Kier alpha value is -0.120. The summed E-state index contributed by atoms with van der Waals surface area (Å²) in [5, 5.41) is 0. The molecule has 1 rings (SSSR count). The van der Waals surface area contributed by atoms with Gasteiger partial charge in [-0.3, -0.25) is 0 Å². The predicted molar refractivity (Wildman–Crippen MR) is 61.4 cm³/mol. The van der Waals surface area contributed by atoms with Crippen LogP contribution in [0.1, 0.15) is 19.3 Å². The number of likely N-dealkylation sites (N-methyl/N-ethyl adjacent to an activating group) is 2. The first-order valence-corrected chi connectivity index (χ1v) is 5.68. The molecule has 84 valence electrons. The first kappa shape index (κ1) is 12.0. The molecule has 0 spiro atoms. The van der Waals surface area contributed by atoms with E-state index in [4.69, 9.17) is 5.73 Å². The SMILES string of the molecule is CN(C)CCN(C)CC1CCCC1N. The van der Waals surface area contributed by atoms with Crippen LogP contribution in [0.25, 0.3) is 0 Å². The van der Waals surface area contributed by atoms with Crippen LogP contribution >= 0.6 is 0 Å². The monoisotopic (exact) mass is 199 g/mol. The fraction of sp³-hybridized carbons (Fsp3) is 1.00. The highest BCUT2D eigenvalue weighted by Crippen LogP contribution is 2.24. The lowest BCUT2D eigenvalue weighted by atomic mass is 10.0. The van der Waals surface area contributed by atoms with E-state index in [2.05, 4.69) is 30.9 Å². The number of rotatable bonds is 5. The number of nitrogens with zero attached hydrogens (tertiary/aromatic N) is 2. The van der Waals surface area contributed by atoms with Crippen LogP contribution in [0.5, 0.6) is 0 Å². The first-order chi connectivity index (χ1) is 6.59. The van der Waals surface area contributed by atoms with Gasteiger partial charge in [-0.2, -0.15) is 0 Å². The smallest absolute Gasteiger partial charge is 0.0106 e. The van der Waals surface area contributed by atoms with E-state index >= 15 is 0 Å². The van der Waals surface area contributed by atoms with Gasteiger partial charge in [-0.25, -0.2) is 0 Å². The van der Waals surface area contributed by atoms with Crippen molar-refractivity contribution in [2.24, 2.45) is 11.7 Å². The minimum atomic E-state index is 0.455. The Labute approximate surface area is 88.2 Å². The molecule has 1 aliphatic carbocycles. The number of nitrogens with two attached hydrogens (primary N) is 1. The summed E-state index contributed by atoms with van der Waals surface area (Å²) in [5.41, 5.74) is 6.05. The Balaban J connectivity index is 2.16. The van der Waals surface area contributed by atoms with Gasteiger partial charge in [0.05, 0.1) is 0 Å². The molecule has 0 amide bonds. The summed E-state index contributed by atoms with van der Waals surface area (Å²) in [6.07, 6.45) is 3.88. The van der Waals surface area contributed by atoms with Gasteiger partial charge < -0.3 is 15.5 Å². The summed E-state index contributed by atoms with van der Waals surface area (Å²) in [6.45, 7) is 3.46. The zero-order chi connectivity index (χ0) is 10.6. The highest BCUT2D eigenvalue weighted by Gasteiger charge is 2.24. The van der Waals surface area contributed by atoms with Crippen molar-refractivity contribution < 1.29 is 0 Å². The second kappa shape index (κ2) is 5.69. The molecule has 0 bridgehead atoms. The van der Waals surface area contributed by atoms with Crippen LogP contribution in [0.3, 0.4) is 0 Å². The Bertz CT molecular complexity index is 159. The molecule has 3 heteroatoms. The molecule has 1 saturated carbocycles. The molecule has 2 atom stereocenters. The van der Waals surface area contributed by atoms with Crippen molar-refractivity contribution in [2.45, 2.75) is 25.3 Å². The molecule has 0 aromatic carbocycles. The highest BCUT2D eigenvalue weighted by atomic mass is 15.1. The molecule has 2 unspecified atom stereocenters. The third kappa shape index (κ3) is 3.95. The van der Waals surface area contributed by atoms with E-state index in [1.54, 1.807) is 0 Å². The van der Waals surface area contributed by atoms with Crippen molar-refractivity contribution in [3.05, 3.63) is 0 Å². The van der Waals surface area contributed by atoms with Gasteiger partial charge in [0, 0.05) is 25.7 Å². The van der Waals surface area contributed by atoms with Gasteiger partial charge in [0.1, 0.15) is 0 Å². The standard InChI is InChI=1S/C11H25N3/c1-13(2)7-8-14(3)9-10-5-4-6-11(10)12/h10-11H,4-9,12H2,1-3H3. The second-order valence-corrected chi connectivity index (χ2v) is 4.92. The van der Waals surface area contributed by atoms with Crippen molar-refractivity contribution in [3.8, 4) is 0 Å². The lowest BCUT2D eigenvalue weighted by Gasteiger charge is -2.24. The van der Waals surface area contributed by atoms with Crippen LogP contribution in [0.4, 0.5) is 0 Å². The summed E-state index contributed by atoms with van der Waals surface area (Å²) in [4.78, 5) is 4.64. The average molecular weight is 199 g/mol. The van der Waals surface area contributed by atoms with Crippen molar-refractivity contribution in [3.63, 3.8) is 0 Å². The Morgan fingerprint density at radius 3 is 2.36 bits per heavy atom. The van der Waals surface area contributed by atoms with Crippen molar-refractivity contribution in [2.75, 3.05) is 40.8 Å². The second-order valence-electron chi connectivity index (χ2n) is 4.92. The zero-order valence-corrected chi connectivity index (χ0v) is 9.87. The molecule has 0 aromatic rings. The van der Waals surface area contributed by atoms with E-state index in [1.807, 2.05) is 0 Å². The maximum atomic E-state index is 6.05. The third-order valence-electron chi connectivity index (χ3n) is 3.19. The lowest BCUT2D eigenvalue weighted by molar-refractivity contribution is 0.239. The van der Waals surface area contributed by atoms with E-state index in [1.165, 1.54) is 25.8 Å². The molecule has 3 nitrogen and oxygen atoms in total. The van der Waals surface area contributed by atoms with Gasteiger partial charge in [0.15, 0.2) is 0 Å². The first-order valence-electron chi connectivity index (χ1n) is 5.68. The van der Waals surface area contributed by atoms with Crippen LogP contribution in [-0.4, -0.2) is 56.6 Å². The van der Waals surface area contributed by atoms with Gasteiger partial charge in [-0.05, 0) is 39.9 Å². The molecule has 1 fully saturated rings. The van der Waals surface area contributed by atoms with Gasteiger partial charge in [-0.1, -0.05) is 6.42 Å². The summed E-state index contributed by atoms with van der Waals surface area (Å²) in [5.74, 6) is 0.738. The Morgan fingerprint density at radius 1 is 1.14 bits per heavy atom. The summed E-state index contributed by atoms with van der Waals surface area (Å²) in [7, 11) is 6.44. The highest BCUT2D eigenvalue weighted by molar-refractivity contribution is 4.81. The normalized spacial score (nSPS) is 27.9. The van der Waals surface area contributed by atoms with Crippen LogP contribution in [0.2, 0.25) is 0 Å². The van der Waals surface area contributed by atoms with Crippen LogP contribution in [-0.2, 0) is 0 Å². The maximum Gasteiger partial charge on any atom is 0.0106 e.